The van der Waals surface area contributed by atoms with Gasteiger partial charge in [0.15, 0.2) is 0 Å². The van der Waals surface area contributed by atoms with E-state index in [-0.39, 0.29) is 11.8 Å². The molecule has 4 nitrogen and oxygen atoms in total. The highest BCUT2D eigenvalue weighted by atomic mass is 19.4. The number of nitrogens with zero attached hydrogens (tertiary/aromatic N) is 1. The number of pyridine rings is 1. The van der Waals surface area contributed by atoms with Crippen molar-refractivity contribution in [2.24, 2.45) is 5.41 Å². The van der Waals surface area contributed by atoms with Crippen LogP contribution in [0.3, 0.4) is 0 Å². The Bertz CT molecular complexity index is 577. The normalized spacial score (nSPS) is 15.0. The highest BCUT2D eigenvalue weighted by molar-refractivity contribution is 5.91. The third-order valence-corrected chi connectivity index (χ3v) is 3.26. The summed E-state index contributed by atoms with van der Waals surface area (Å²) in [5.41, 5.74) is -0.265. The Kier molecular flexibility index (Phi) is 4.35. The molecular weight excluding hydrogens is 295 g/mol. The van der Waals surface area contributed by atoms with Gasteiger partial charge in [-0.1, -0.05) is 20.8 Å². The predicted molar refractivity (Wildman–Crippen MR) is 78.8 cm³/mol. The average Bonchev–Trinajstić information content (AvgIpc) is 2.34. The second-order valence-corrected chi connectivity index (χ2v) is 6.69. The molecule has 1 amide bonds. The van der Waals surface area contributed by atoms with Crippen molar-refractivity contribution in [3.05, 3.63) is 17.3 Å². The Labute approximate surface area is 127 Å². The van der Waals surface area contributed by atoms with Crippen LogP contribution in [0.2, 0.25) is 0 Å². The summed E-state index contributed by atoms with van der Waals surface area (Å²) in [4.78, 5) is 16.0. The molecule has 122 valence electrons. The minimum Gasteiger partial charge on any atom is -0.384 e. The molecule has 2 heterocycles. The maximum atomic E-state index is 13.2. The number of aryl methyl sites for hydroxylation is 1. The Morgan fingerprint density at radius 1 is 1.36 bits per heavy atom. The summed E-state index contributed by atoms with van der Waals surface area (Å²) >= 11 is 0. The third kappa shape index (κ3) is 4.11. The van der Waals surface area contributed by atoms with Gasteiger partial charge in [-0.2, -0.15) is 13.2 Å². The van der Waals surface area contributed by atoms with Gasteiger partial charge in [-0.05, 0) is 24.3 Å². The van der Waals surface area contributed by atoms with Crippen molar-refractivity contribution in [2.45, 2.75) is 46.2 Å². The molecule has 0 unspecified atom stereocenters. The van der Waals surface area contributed by atoms with Crippen molar-refractivity contribution in [2.75, 3.05) is 17.2 Å². The minimum atomic E-state index is -4.56. The molecule has 0 spiro atoms. The lowest BCUT2D eigenvalue weighted by atomic mass is 9.92. The lowest BCUT2D eigenvalue weighted by molar-refractivity contribution is -0.137. The van der Waals surface area contributed by atoms with Crippen LogP contribution in [0.4, 0.5) is 24.7 Å². The largest absolute Gasteiger partial charge is 0.420 e. The first-order valence-electron chi connectivity index (χ1n) is 7.21. The number of halogens is 3. The van der Waals surface area contributed by atoms with Crippen LogP contribution in [0, 0.1) is 5.41 Å². The van der Waals surface area contributed by atoms with E-state index in [0.29, 0.717) is 24.3 Å². The van der Waals surface area contributed by atoms with E-state index in [4.69, 9.17) is 0 Å². The zero-order valence-electron chi connectivity index (χ0n) is 12.9. The van der Waals surface area contributed by atoms with Crippen LogP contribution in [-0.2, 0) is 17.4 Å². The zero-order valence-corrected chi connectivity index (χ0v) is 12.9. The molecule has 0 atom stereocenters. The molecular formula is C15H20F3N3O. The van der Waals surface area contributed by atoms with E-state index in [2.05, 4.69) is 15.6 Å². The molecule has 1 aliphatic rings. The first-order valence-corrected chi connectivity index (χ1v) is 7.21. The number of rotatable bonds is 2. The fourth-order valence-electron chi connectivity index (χ4n) is 2.34. The molecule has 1 aliphatic heterocycles. The van der Waals surface area contributed by atoms with Gasteiger partial charge in [0.25, 0.3) is 0 Å². The maximum absolute atomic E-state index is 13.2. The van der Waals surface area contributed by atoms with Crippen LogP contribution in [0.1, 0.15) is 44.9 Å². The van der Waals surface area contributed by atoms with Crippen LogP contribution in [-0.4, -0.2) is 17.4 Å². The van der Waals surface area contributed by atoms with E-state index in [1.165, 1.54) is 0 Å². The maximum Gasteiger partial charge on any atom is 0.420 e. The molecule has 0 fully saturated rings. The van der Waals surface area contributed by atoms with Crippen LogP contribution in [0.25, 0.3) is 0 Å². The number of carbonyl (C=O) groups is 1. The summed E-state index contributed by atoms with van der Waals surface area (Å²) in [6, 6.07) is 1.04. The second-order valence-electron chi connectivity index (χ2n) is 6.69. The summed E-state index contributed by atoms with van der Waals surface area (Å²) in [6.45, 7) is 6.17. The first kappa shape index (κ1) is 16.6. The van der Waals surface area contributed by atoms with E-state index >= 15 is 0 Å². The number of nitrogens with one attached hydrogen (secondary N) is 2. The monoisotopic (exact) mass is 315 g/mol. The Balaban J connectivity index is 2.34. The van der Waals surface area contributed by atoms with Gasteiger partial charge in [-0.3, -0.25) is 4.79 Å². The van der Waals surface area contributed by atoms with E-state index in [1.54, 1.807) is 0 Å². The molecule has 2 N–H and O–H groups in total. The number of aromatic nitrogens is 1. The zero-order chi connectivity index (χ0) is 16.5. The van der Waals surface area contributed by atoms with E-state index in [0.717, 1.165) is 12.5 Å². The molecule has 0 saturated carbocycles. The molecule has 1 aromatic heterocycles. The van der Waals surface area contributed by atoms with Crippen LogP contribution >= 0.6 is 0 Å². The Morgan fingerprint density at radius 3 is 2.64 bits per heavy atom. The van der Waals surface area contributed by atoms with Crippen LogP contribution in [0.5, 0.6) is 0 Å². The number of hydrogen-bond acceptors (Lipinski definition) is 3. The Morgan fingerprint density at radius 2 is 2.05 bits per heavy atom. The fraction of sp³-hybridized carbons (Fsp3) is 0.600. The minimum absolute atomic E-state index is 0.126. The number of fused-ring (bicyclic) bond motifs is 1. The summed E-state index contributed by atoms with van der Waals surface area (Å²) in [6.07, 6.45) is -3.03. The summed E-state index contributed by atoms with van der Waals surface area (Å²) in [5.74, 6) is -0.863. The van der Waals surface area contributed by atoms with Crippen molar-refractivity contribution in [3.63, 3.8) is 0 Å². The van der Waals surface area contributed by atoms with Crippen molar-refractivity contribution >= 4 is 17.4 Å². The first-order chi connectivity index (χ1) is 10.1. The summed E-state index contributed by atoms with van der Waals surface area (Å²) in [5, 5.41) is 5.24. The average molecular weight is 315 g/mol. The van der Waals surface area contributed by atoms with E-state index < -0.39 is 23.5 Å². The predicted octanol–water partition coefficient (Wildman–Crippen LogP) is 3.83. The second kappa shape index (κ2) is 5.78. The molecule has 0 bridgehead atoms. The smallest absolute Gasteiger partial charge is 0.384 e. The molecule has 22 heavy (non-hydrogen) atoms. The van der Waals surface area contributed by atoms with Gasteiger partial charge in [0.05, 0.1) is 11.4 Å². The molecule has 2 rings (SSSR count). The van der Waals surface area contributed by atoms with Crippen LogP contribution < -0.4 is 10.6 Å². The number of alkyl halides is 3. The van der Waals surface area contributed by atoms with Crippen molar-refractivity contribution in [1.29, 1.82) is 0 Å². The van der Waals surface area contributed by atoms with Crippen LogP contribution in [0.15, 0.2) is 6.07 Å². The van der Waals surface area contributed by atoms with E-state index in [9.17, 15) is 18.0 Å². The highest BCUT2D eigenvalue weighted by Crippen LogP contribution is 2.37. The molecule has 0 saturated heterocycles. The SMILES string of the molecule is CC(C)(C)CC(=O)Nc1nc2c(cc1C(F)(F)F)NCCC2. The lowest BCUT2D eigenvalue weighted by Crippen LogP contribution is -2.24. The quantitative estimate of drug-likeness (QED) is 0.872. The molecule has 1 aromatic rings. The van der Waals surface area contributed by atoms with Gasteiger partial charge in [0.1, 0.15) is 11.4 Å². The van der Waals surface area contributed by atoms with Gasteiger partial charge in [-0.15, -0.1) is 0 Å². The lowest BCUT2D eigenvalue weighted by Gasteiger charge is -2.22. The number of anilines is 2. The molecule has 0 aliphatic carbocycles. The van der Waals surface area contributed by atoms with Gasteiger partial charge in [-0.25, -0.2) is 4.98 Å². The Hall–Kier alpha value is -1.79. The third-order valence-electron chi connectivity index (χ3n) is 3.26. The van der Waals surface area contributed by atoms with Gasteiger partial charge in [0, 0.05) is 13.0 Å². The van der Waals surface area contributed by atoms with E-state index in [1.807, 2.05) is 20.8 Å². The molecule has 0 aromatic carbocycles. The summed E-state index contributed by atoms with van der Waals surface area (Å²) in [7, 11) is 0. The number of carbonyl (C=O) groups excluding carboxylic acids is 1. The fourth-order valence-corrected chi connectivity index (χ4v) is 2.34. The summed E-state index contributed by atoms with van der Waals surface area (Å²) < 4.78 is 39.6. The van der Waals surface area contributed by atoms with Crippen molar-refractivity contribution in [1.82, 2.24) is 4.98 Å². The highest BCUT2D eigenvalue weighted by Gasteiger charge is 2.36. The number of amides is 1. The van der Waals surface area contributed by atoms with Crippen molar-refractivity contribution < 1.29 is 18.0 Å². The topological polar surface area (TPSA) is 54.0 Å². The molecule has 7 heteroatoms. The number of hydrogen-bond donors (Lipinski definition) is 2. The van der Waals surface area contributed by atoms with Gasteiger partial charge >= 0.3 is 6.18 Å². The van der Waals surface area contributed by atoms with Gasteiger partial charge < -0.3 is 10.6 Å². The molecule has 0 radical (unpaired) electrons. The van der Waals surface area contributed by atoms with Gasteiger partial charge in [0.2, 0.25) is 5.91 Å². The van der Waals surface area contributed by atoms with Crippen molar-refractivity contribution in [3.8, 4) is 0 Å². The standard InChI is InChI=1S/C15H20F3N3O/c1-14(2,3)8-12(22)21-13-9(15(16,17)18)7-11-10(20-13)5-4-6-19-11/h7,19H,4-6,8H2,1-3H3,(H,20,21,22).